The Hall–Kier alpha value is 0.0700. The van der Waals surface area contributed by atoms with E-state index in [1.165, 1.54) is 14.2 Å². The van der Waals surface area contributed by atoms with Crippen molar-refractivity contribution >= 4 is 7.82 Å². The maximum Gasteiger partial charge on any atom is 0.474 e. The van der Waals surface area contributed by atoms with Gasteiger partial charge in [-0.15, -0.1) is 0 Å². The van der Waals surface area contributed by atoms with Gasteiger partial charge in [0.1, 0.15) is 0 Å². The maximum atomic E-state index is 11.7. The molecule has 0 amide bonds. The predicted octanol–water partition coefficient (Wildman–Crippen LogP) is 2.61. The van der Waals surface area contributed by atoms with E-state index in [-0.39, 0.29) is 12.2 Å². The van der Waals surface area contributed by atoms with E-state index in [0.717, 1.165) is 6.42 Å². The molecule has 0 fully saturated rings. The van der Waals surface area contributed by atoms with Gasteiger partial charge >= 0.3 is 7.82 Å². The summed E-state index contributed by atoms with van der Waals surface area (Å²) < 4.78 is 31.7. The third-order valence-electron chi connectivity index (χ3n) is 2.23. The van der Waals surface area contributed by atoms with Gasteiger partial charge in [-0.1, -0.05) is 13.8 Å². The number of rotatable bonds is 8. The lowest BCUT2D eigenvalue weighted by Gasteiger charge is -2.26. The first-order chi connectivity index (χ1) is 7.06. The van der Waals surface area contributed by atoms with Crippen molar-refractivity contribution in [2.45, 2.75) is 38.9 Å². The fourth-order valence-corrected chi connectivity index (χ4v) is 2.25. The Morgan fingerprint density at radius 3 is 1.73 bits per heavy atom. The highest BCUT2D eigenvalue weighted by atomic mass is 31.2. The molecule has 0 spiro atoms. The van der Waals surface area contributed by atoms with Crippen molar-refractivity contribution in [2.24, 2.45) is 0 Å². The summed E-state index contributed by atoms with van der Waals surface area (Å²) in [6.07, 6.45) is 1.07. The Balaban J connectivity index is 4.49. The van der Waals surface area contributed by atoms with Gasteiger partial charge in [0.05, 0.1) is 12.2 Å². The van der Waals surface area contributed by atoms with Crippen LogP contribution < -0.4 is 0 Å². The van der Waals surface area contributed by atoms with E-state index >= 15 is 0 Å². The first-order valence-electron chi connectivity index (χ1n) is 4.99. The Bertz CT molecular complexity index is 197. The van der Waals surface area contributed by atoms with Gasteiger partial charge in [0, 0.05) is 21.3 Å². The molecule has 2 unspecified atom stereocenters. The van der Waals surface area contributed by atoms with Crippen LogP contribution in [0.25, 0.3) is 0 Å². The monoisotopic (exact) mass is 240 g/mol. The molecular weight excluding hydrogens is 219 g/mol. The molecule has 0 bridgehead atoms. The van der Waals surface area contributed by atoms with Gasteiger partial charge < -0.3 is 4.74 Å². The van der Waals surface area contributed by atoms with Crippen LogP contribution in [-0.2, 0) is 22.9 Å². The van der Waals surface area contributed by atoms with Crippen molar-refractivity contribution in [3.63, 3.8) is 0 Å². The van der Waals surface area contributed by atoms with Crippen molar-refractivity contribution in [2.75, 3.05) is 21.3 Å². The third kappa shape index (κ3) is 4.62. The van der Waals surface area contributed by atoms with Crippen LogP contribution in [0.4, 0.5) is 0 Å². The summed E-state index contributed by atoms with van der Waals surface area (Å²) in [6.45, 7) is 3.91. The Morgan fingerprint density at radius 2 is 1.47 bits per heavy atom. The highest BCUT2D eigenvalue weighted by molar-refractivity contribution is 7.48. The van der Waals surface area contributed by atoms with E-state index in [9.17, 15) is 4.57 Å². The van der Waals surface area contributed by atoms with Gasteiger partial charge in [-0.3, -0.25) is 13.6 Å². The highest BCUT2D eigenvalue weighted by Gasteiger charge is 2.31. The van der Waals surface area contributed by atoms with Crippen LogP contribution >= 0.6 is 7.82 Å². The molecule has 6 heteroatoms. The van der Waals surface area contributed by atoms with Crippen LogP contribution in [-0.4, -0.2) is 33.5 Å². The van der Waals surface area contributed by atoms with Crippen molar-refractivity contribution < 1.29 is 22.9 Å². The molecule has 0 aliphatic carbocycles. The van der Waals surface area contributed by atoms with Gasteiger partial charge in [0.2, 0.25) is 0 Å². The third-order valence-corrected chi connectivity index (χ3v) is 3.66. The van der Waals surface area contributed by atoms with Gasteiger partial charge in [-0.05, 0) is 12.8 Å². The van der Waals surface area contributed by atoms with E-state index < -0.39 is 7.82 Å². The van der Waals surface area contributed by atoms with Crippen LogP contribution in [0.15, 0.2) is 0 Å². The maximum absolute atomic E-state index is 11.7. The average Bonchev–Trinajstić information content (AvgIpc) is 2.29. The standard InChI is InChI=1S/C9H21O5P/c1-6-8(11-3)9(7-2)14-15(10,12-4)13-5/h8-9H,6-7H2,1-5H3. The first kappa shape index (κ1) is 15.1. The second kappa shape index (κ2) is 7.36. The number of hydrogen-bond donors (Lipinski definition) is 0. The fourth-order valence-electron chi connectivity index (χ4n) is 1.31. The van der Waals surface area contributed by atoms with Crippen LogP contribution in [0.3, 0.4) is 0 Å². The normalized spacial score (nSPS) is 16.3. The molecule has 0 aromatic heterocycles. The largest absolute Gasteiger partial charge is 0.474 e. The van der Waals surface area contributed by atoms with E-state index in [1.54, 1.807) is 7.11 Å². The summed E-state index contributed by atoms with van der Waals surface area (Å²) in [5.74, 6) is 0. The van der Waals surface area contributed by atoms with Crippen molar-refractivity contribution in [1.29, 1.82) is 0 Å². The summed E-state index contributed by atoms with van der Waals surface area (Å²) >= 11 is 0. The van der Waals surface area contributed by atoms with E-state index in [1.807, 2.05) is 13.8 Å². The minimum atomic E-state index is -3.41. The van der Waals surface area contributed by atoms with Crippen LogP contribution in [0.1, 0.15) is 26.7 Å². The molecule has 0 aliphatic rings. The quantitative estimate of drug-likeness (QED) is 0.610. The smallest absolute Gasteiger partial charge is 0.379 e. The number of ether oxygens (including phenoxy) is 1. The lowest BCUT2D eigenvalue weighted by atomic mass is 10.1. The minimum Gasteiger partial charge on any atom is -0.379 e. The molecule has 0 saturated carbocycles. The molecule has 0 aliphatic heterocycles. The second-order valence-corrected chi connectivity index (χ2v) is 4.88. The highest BCUT2D eigenvalue weighted by Crippen LogP contribution is 2.49. The molecule has 0 rings (SSSR count). The first-order valence-corrected chi connectivity index (χ1v) is 6.45. The average molecular weight is 240 g/mol. The van der Waals surface area contributed by atoms with Gasteiger partial charge in [-0.2, -0.15) is 0 Å². The Labute approximate surface area is 91.7 Å². The zero-order chi connectivity index (χ0) is 11.9. The predicted molar refractivity (Wildman–Crippen MR) is 57.9 cm³/mol. The minimum absolute atomic E-state index is 0.103. The summed E-state index contributed by atoms with van der Waals surface area (Å²) in [5, 5.41) is 0. The second-order valence-electron chi connectivity index (χ2n) is 3.05. The zero-order valence-electron chi connectivity index (χ0n) is 10.1. The molecular formula is C9H21O5P. The van der Waals surface area contributed by atoms with Crippen LogP contribution in [0.5, 0.6) is 0 Å². The number of methoxy groups -OCH3 is 1. The molecule has 92 valence electrons. The Kier molecular flexibility index (Phi) is 7.40. The van der Waals surface area contributed by atoms with Crippen LogP contribution in [0.2, 0.25) is 0 Å². The fraction of sp³-hybridized carbons (Fsp3) is 1.00. The molecule has 0 N–H and O–H groups in total. The number of phosphoric acid groups is 1. The molecule has 5 nitrogen and oxygen atoms in total. The number of phosphoric ester groups is 1. The molecule has 0 heterocycles. The lowest BCUT2D eigenvalue weighted by molar-refractivity contribution is -0.0192. The molecule has 0 aromatic rings. The zero-order valence-corrected chi connectivity index (χ0v) is 11.0. The molecule has 2 atom stereocenters. The molecule has 0 radical (unpaired) electrons. The summed E-state index contributed by atoms with van der Waals surface area (Å²) in [4.78, 5) is 0. The van der Waals surface area contributed by atoms with Gasteiger partial charge in [-0.25, -0.2) is 4.57 Å². The van der Waals surface area contributed by atoms with Crippen LogP contribution in [0, 0.1) is 0 Å². The molecule has 0 saturated heterocycles. The van der Waals surface area contributed by atoms with Gasteiger partial charge in [0.15, 0.2) is 0 Å². The van der Waals surface area contributed by atoms with E-state index in [4.69, 9.17) is 18.3 Å². The van der Waals surface area contributed by atoms with Crippen molar-refractivity contribution in [3.8, 4) is 0 Å². The van der Waals surface area contributed by atoms with Crippen molar-refractivity contribution in [3.05, 3.63) is 0 Å². The van der Waals surface area contributed by atoms with Gasteiger partial charge in [0.25, 0.3) is 0 Å². The topological polar surface area (TPSA) is 54.0 Å². The van der Waals surface area contributed by atoms with E-state index in [0.29, 0.717) is 6.42 Å². The lowest BCUT2D eigenvalue weighted by Crippen LogP contribution is -2.29. The molecule has 15 heavy (non-hydrogen) atoms. The summed E-state index contributed by atoms with van der Waals surface area (Å²) in [7, 11) is 0.781. The summed E-state index contributed by atoms with van der Waals surface area (Å²) in [6, 6.07) is 0. The Morgan fingerprint density at radius 1 is 1.00 bits per heavy atom. The summed E-state index contributed by atoms with van der Waals surface area (Å²) in [5.41, 5.74) is 0. The van der Waals surface area contributed by atoms with E-state index in [2.05, 4.69) is 0 Å². The van der Waals surface area contributed by atoms with Crippen molar-refractivity contribution in [1.82, 2.24) is 0 Å². The number of hydrogen-bond acceptors (Lipinski definition) is 5. The SMILES string of the molecule is CCC(OC)C(CC)OP(=O)(OC)OC. The molecule has 0 aromatic carbocycles.